The predicted octanol–water partition coefficient (Wildman–Crippen LogP) is 4.96. The van der Waals surface area contributed by atoms with Crippen LogP contribution in [0.5, 0.6) is 23.0 Å². The summed E-state index contributed by atoms with van der Waals surface area (Å²) in [6.45, 7) is 4.03. The second kappa shape index (κ2) is 8.14. The summed E-state index contributed by atoms with van der Waals surface area (Å²) < 4.78 is 16.5. The highest BCUT2D eigenvalue weighted by atomic mass is 16.7. The predicted molar refractivity (Wildman–Crippen MR) is 112 cm³/mol. The molecule has 1 heterocycles. The summed E-state index contributed by atoms with van der Waals surface area (Å²) in [6.07, 6.45) is 0. The number of ether oxygens (including phenoxy) is 3. The molecular weight excluding hydrogens is 368 g/mol. The van der Waals surface area contributed by atoms with Crippen LogP contribution in [0.2, 0.25) is 0 Å². The van der Waals surface area contributed by atoms with E-state index in [4.69, 9.17) is 14.2 Å². The molecule has 1 amide bonds. The van der Waals surface area contributed by atoms with Crippen molar-refractivity contribution in [2.75, 3.05) is 17.4 Å². The first kappa shape index (κ1) is 18.7. The summed E-state index contributed by atoms with van der Waals surface area (Å²) in [4.78, 5) is 12.5. The Morgan fingerprint density at radius 2 is 1.69 bits per heavy atom. The Labute approximate surface area is 169 Å². The highest BCUT2D eigenvalue weighted by molar-refractivity contribution is 5.96. The maximum Gasteiger partial charge on any atom is 0.246 e. The molecule has 3 aromatic carbocycles. The molecule has 0 fully saturated rings. The maximum absolute atomic E-state index is 12.5. The van der Waals surface area contributed by atoms with E-state index in [1.54, 1.807) is 25.1 Å². The molecular formula is C23H22N2O4. The van der Waals surface area contributed by atoms with Gasteiger partial charge in [0.15, 0.2) is 11.5 Å². The summed E-state index contributed by atoms with van der Waals surface area (Å²) in [5.41, 5.74) is 2.63. The van der Waals surface area contributed by atoms with E-state index in [1.165, 1.54) is 0 Å². The van der Waals surface area contributed by atoms with Crippen LogP contribution >= 0.6 is 0 Å². The lowest BCUT2D eigenvalue weighted by molar-refractivity contribution is -0.116. The topological polar surface area (TPSA) is 68.8 Å². The van der Waals surface area contributed by atoms with Gasteiger partial charge in [0.2, 0.25) is 12.7 Å². The van der Waals surface area contributed by atoms with Gasteiger partial charge >= 0.3 is 0 Å². The zero-order chi connectivity index (χ0) is 20.2. The summed E-state index contributed by atoms with van der Waals surface area (Å²) in [5, 5.41) is 6.07. The van der Waals surface area contributed by atoms with Crippen molar-refractivity contribution >= 4 is 17.3 Å². The van der Waals surface area contributed by atoms with Gasteiger partial charge in [-0.2, -0.15) is 0 Å². The minimum Gasteiger partial charge on any atom is -0.457 e. The number of hydrogen-bond donors (Lipinski definition) is 2. The van der Waals surface area contributed by atoms with E-state index in [9.17, 15) is 4.79 Å². The molecule has 1 atom stereocenters. The van der Waals surface area contributed by atoms with Gasteiger partial charge in [-0.05, 0) is 67.9 Å². The lowest BCUT2D eigenvalue weighted by Crippen LogP contribution is -2.31. The van der Waals surface area contributed by atoms with Gasteiger partial charge in [-0.3, -0.25) is 4.79 Å². The minimum atomic E-state index is -0.427. The van der Waals surface area contributed by atoms with Crippen LogP contribution in [0.4, 0.5) is 11.4 Å². The van der Waals surface area contributed by atoms with Crippen LogP contribution in [-0.4, -0.2) is 18.7 Å². The summed E-state index contributed by atoms with van der Waals surface area (Å²) in [7, 11) is 0. The fourth-order valence-electron chi connectivity index (χ4n) is 2.97. The number of carbonyl (C=O) groups excluding carboxylic acids is 1. The van der Waals surface area contributed by atoms with Crippen LogP contribution in [0, 0.1) is 6.92 Å². The Bertz CT molecular complexity index is 1020. The number of hydrogen-bond acceptors (Lipinski definition) is 5. The third-order valence-electron chi connectivity index (χ3n) is 4.50. The Kier molecular flexibility index (Phi) is 5.24. The first-order valence-electron chi connectivity index (χ1n) is 9.38. The minimum absolute atomic E-state index is 0.149. The monoisotopic (exact) mass is 390 g/mol. The molecule has 1 aliphatic heterocycles. The average molecular weight is 390 g/mol. The van der Waals surface area contributed by atoms with E-state index >= 15 is 0 Å². The number of amides is 1. The Balaban J connectivity index is 1.34. The molecule has 6 heteroatoms. The fourth-order valence-corrected chi connectivity index (χ4v) is 2.97. The van der Waals surface area contributed by atoms with Crippen molar-refractivity contribution in [3.63, 3.8) is 0 Å². The van der Waals surface area contributed by atoms with E-state index in [-0.39, 0.29) is 12.7 Å². The van der Waals surface area contributed by atoms with Crippen LogP contribution in [-0.2, 0) is 4.79 Å². The third kappa shape index (κ3) is 4.60. The Morgan fingerprint density at radius 1 is 0.931 bits per heavy atom. The van der Waals surface area contributed by atoms with E-state index in [0.29, 0.717) is 17.2 Å². The molecule has 0 aromatic heterocycles. The zero-order valence-electron chi connectivity index (χ0n) is 16.3. The van der Waals surface area contributed by atoms with Gasteiger partial charge in [-0.15, -0.1) is 0 Å². The van der Waals surface area contributed by atoms with Crippen molar-refractivity contribution in [3.8, 4) is 23.0 Å². The maximum atomic E-state index is 12.5. The van der Waals surface area contributed by atoms with Crippen molar-refractivity contribution in [2.24, 2.45) is 0 Å². The van der Waals surface area contributed by atoms with Crippen molar-refractivity contribution < 1.29 is 19.0 Å². The van der Waals surface area contributed by atoms with Gasteiger partial charge in [-0.1, -0.05) is 12.1 Å². The second-order valence-corrected chi connectivity index (χ2v) is 6.87. The molecule has 0 saturated carbocycles. The third-order valence-corrected chi connectivity index (χ3v) is 4.50. The smallest absolute Gasteiger partial charge is 0.246 e. The molecule has 148 valence electrons. The van der Waals surface area contributed by atoms with Gasteiger partial charge in [0.05, 0.1) is 0 Å². The number of aryl methyl sites for hydroxylation is 1. The summed E-state index contributed by atoms with van der Waals surface area (Å²) in [5.74, 6) is 2.69. The summed E-state index contributed by atoms with van der Waals surface area (Å²) in [6, 6.07) is 20.3. The lowest BCUT2D eigenvalue weighted by Gasteiger charge is -2.16. The number of benzene rings is 3. The summed E-state index contributed by atoms with van der Waals surface area (Å²) >= 11 is 0. The quantitative estimate of drug-likeness (QED) is 0.623. The Hall–Kier alpha value is -3.67. The van der Waals surface area contributed by atoms with Crippen LogP contribution in [0.25, 0.3) is 0 Å². The average Bonchev–Trinajstić information content (AvgIpc) is 3.17. The van der Waals surface area contributed by atoms with E-state index in [2.05, 4.69) is 10.6 Å². The van der Waals surface area contributed by atoms with Gasteiger partial charge < -0.3 is 24.8 Å². The molecule has 29 heavy (non-hydrogen) atoms. The molecule has 0 spiro atoms. The number of nitrogens with one attached hydrogen (secondary N) is 2. The SMILES string of the molecule is Cc1cccc(Oc2ccc(N[C@@H](C)C(=O)Nc3ccc4c(c3)OCO4)cc2)c1. The molecule has 0 radical (unpaired) electrons. The van der Waals surface area contributed by atoms with Crippen LogP contribution < -0.4 is 24.8 Å². The second-order valence-electron chi connectivity index (χ2n) is 6.87. The standard InChI is InChI=1S/C23H22N2O4/c1-15-4-3-5-20(12-15)29-19-9-6-17(7-10-19)24-16(2)23(26)25-18-8-11-21-22(13-18)28-14-27-21/h3-13,16,24H,14H2,1-2H3,(H,25,26)/t16-/m0/s1. The molecule has 0 saturated heterocycles. The number of fused-ring (bicyclic) bond motifs is 1. The number of anilines is 2. The highest BCUT2D eigenvalue weighted by Crippen LogP contribution is 2.34. The number of rotatable bonds is 6. The number of carbonyl (C=O) groups is 1. The van der Waals surface area contributed by atoms with Gasteiger partial charge in [0.25, 0.3) is 0 Å². The van der Waals surface area contributed by atoms with Gasteiger partial charge in [0.1, 0.15) is 17.5 Å². The van der Waals surface area contributed by atoms with Crippen LogP contribution in [0.15, 0.2) is 66.7 Å². The molecule has 1 aliphatic rings. The normalized spacial score (nSPS) is 12.9. The molecule has 0 aliphatic carbocycles. The molecule has 6 nitrogen and oxygen atoms in total. The zero-order valence-corrected chi connectivity index (χ0v) is 16.3. The lowest BCUT2D eigenvalue weighted by atomic mass is 10.2. The molecule has 0 unspecified atom stereocenters. The van der Waals surface area contributed by atoms with Crippen LogP contribution in [0.3, 0.4) is 0 Å². The van der Waals surface area contributed by atoms with Crippen molar-refractivity contribution in [1.82, 2.24) is 0 Å². The first-order chi connectivity index (χ1) is 14.1. The molecule has 2 N–H and O–H groups in total. The van der Waals surface area contributed by atoms with Crippen molar-refractivity contribution in [3.05, 3.63) is 72.3 Å². The van der Waals surface area contributed by atoms with Gasteiger partial charge in [-0.25, -0.2) is 0 Å². The van der Waals surface area contributed by atoms with E-state index in [1.807, 2.05) is 55.5 Å². The Morgan fingerprint density at radius 3 is 2.48 bits per heavy atom. The largest absolute Gasteiger partial charge is 0.457 e. The van der Waals surface area contributed by atoms with E-state index < -0.39 is 6.04 Å². The van der Waals surface area contributed by atoms with Crippen molar-refractivity contribution in [1.29, 1.82) is 0 Å². The molecule has 3 aromatic rings. The van der Waals surface area contributed by atoms with Crippen LogP contribution in [0.1, 0.15) is 12.5 Å². The first-order valence-corrected chi connectivity index (χ1v) is 9.38. The highest BCUT2D eigenvalue weighted by Gasteiger charge is 2.17. The van der Waals surface area contributed by atoms with Crippen molar-refractivity contribution in [2.45, 2.75) is 19.9 Å². The molecule has 4 rings (SSSR count). The van der Waals surface area contributed by atoms with E-state index in [0.717, 1.165) is 22.7 Å². The van der Waals surface area contributed by atoms with Gasteiger partial charge in [0, 0.05) is 17.4 Å². The molecule has 0 bridgehead atoms. The fraction of sp³-hybridized carbons (Fsp3) is 0.174.